The molecule has 0 radical (unpaired) electrons. The average Bonchev–Trinajstić information content (AvgIpc) is 2.65. The highest BCUT2D eigenvalue weighted by Gasteiger charge is 2.29. The molecule has 0 heterocycles. The van der Waals surface area contributed by atoms with Crippen molar-refractivity contribution in [3.8, 4) is 0 Å². The van der Waals surface area contributed by atoms with Crippen molar-refractivity contribution in [2.24, 2.45) is 0 Å². The van der Waals surface area contributed by atoms with Crippen molar-refractivity contribution in [1.82, 2.24) is 0 Å². The number of alkyl halides is 3. The highest BCUT2D eigenvalue weighted by Crippen LogP contribution is 2.29. The zero-order chi connectivity index (χ0) is 20.9. The Morgan fingerprint density at radius 2 is 1.61 bits per heavy atom. The topological polar surface area (TPSA) is 55.4 Å². The number of anilines is 1. The van der Waals surface area contributed by atoms with Gasteiger partial charge in [-0.1, -0.05) is 12.1 Å². The third kappa shape index (κ3) is 5.60. The molecule has 2 rings (SSSR count). The molecule has 1 N–H and O–H groups in total. The molecule has 0 fully saturated rings. The normalized spacial score (nSPS) is 11.5. The summed E-state index contributed by atoms with van der Waals surface area (Å²) in [6.45, 7) is -0.853. The first-order chi connectivity index (χ1) is 13.1. The third-order valence-corrected chi connectivity index (χ3v) is 3.30. The van der Waals surface area contributed by atoms with Crippen molar-refractivity contribution in [3.63, 3.8) is 0 Å². The molecule has 0 aliphatic carbocycles. The SMILES string of the molecule is O=C(COC(=O)/C=C/c1ccc(C(F)(F)F)cc1)Nc1ccc(F)c(F)c1F. The summed E-state index contributed by atoms with van der Waals surface area (Å²) >= 11 is 0. The van der Waals surface area contributed by atoms with Crippen molar-refractivity contribution in [3.05, 3.63) is 71.1 Å². The average molecular weight is 403 g/mol. The van der Waals surface area contributed by atoms with Crippen molar-refractivity contribution < 1.29 is 40.7 Å². The van der Waals surface area contributed by atoms with Crippen LogP contribution in [0.5, 0.6) is 0 Å². The van der Waals surface area contributed by atoms with Gasteiger partial charge in [0.15, 0.2) is 24.1 Å². The Bertz CT molecular complexity index is 907. The minimum absolute atomic E-state index is 0.276. The zero-order valence-corrected chi connectivity index (χ0v) is 13.8. The number of hydrogen-bond acceptors (Lipinski definition) is 3. The molecule has 2 aromatic rings. The van der Waals surface area contributed by atoms with Gasteiger partial charge in [-0.3, -0.25) is 4.79 Å². The minimum atomic E-state index is -4.48. The summed E-state index contributed by atoms with van der Waals surface area (Å²) in [6, 6.07) is 5.31. The van der Waals surface area contributed by atoms with E-state index in [9.17, 15) is 35.9 Å². The number of benzene rings is 2. The van der Waals surface area contributed by atoms with E-state index in [4.69, 9.17) is 0 Å². The first kappa shape index (κ1) is 21.0. The summed E-state index contributed by atoms with van der Waals surface area (Å²) in [5, 5.41) is 1.90. The van der Waals surface area contributed by atoms with Crippen LogP contribution in [0.15, 0.2) is 42.5 Å². The van der Waals surface area contributed by atoms with Gasteiger partial charge in [-0.15, -0.1) is 0 Å². The smallest absolute Gasteiger partial charge is 0.416 e. The lowest BCUT2D eigenvalue weighted by Crippen LogP contribution is -2.21. The van der Waals surface area contributed by atoms with Gasteiger partial charge in [0.25, 0.3) is 5.91 Å². The molecule has 2 aromatic carbocycles. The monoisotopic (exact) mass is 403 g/mol. The van der Waals surface area contributed by atoms with E-state index in [2.05, 4.69) is 4.74 Å². The summed E-state index contributed by atoms with van der Waals surface area (Å²) < 4.78 is 81.1. The van der Waals surface area contributed by atoms with Gasteiger partial charge in [0.1, 0.15) is 0 Å². The number of ether oxygens (including phenoxy) is 1. The molecule has 4 nitrogen and oxygen atoms in total. The fourth-order valence-electron chi connectivity index (χ4n) is 1.94. The summed E-state index contributed by atoms with van der Waals surface area (Å²) in [6.07, 6.45) is -2.45. The van der Waals surface area contributed by atoms with E-state index < -0.39 is 53.4 Å². The maximum atomic E-state index is 13.4. The lowest BCUT2D eigenvalue weighted by molar-refractivity contribution is -0.142. The fourth-order valence-corrected chi connectivity index (χ4v) is 1.94. The van der Waals surface area contributed by atoms with Crippen molar-refractivity contribution in [2.45, 2.75) is 6.18 Å². The molecule has 0 aliphatic heterocycles. The Hall–Kier alpha value is -3.30. The van der Waals surface area contributed by atoms with Crippen molar-refractivity contribution >= 4 is 23.6 Å². The van der Waals surface area contributed by atoms with Crippen LogP contribution >= 0.6 is 0 Å². The molecule has 0 unspecified atom stereocenters. The van der Waals surface area contributed by atoms with Crippen LogP contribution in [-0.2, 0) is 20.5 Å². The van der Waals surface area contributed by atoms with E-state index in [0.717, 1.165) is 42.5 Å². The van der Waals surface area contributed by atoms with Crippen LogP contribution in [0.3, 0.4) is 0 Å². The molecule has 1 amide bonds. The van der Waals surface area contributed by atoms with Crippen LogP contribution in [0, 0.1) is 17.5 Å². The van der Waals surface area contributed by atoms with Gasteiger partial charge in [0, 0.05) is 6.08 Å². The maximum Gasteiger partial charge on any atom is 0.416 e. The molecule has 148 valence electrons. The summed E-state index contributed by atoms with van der Waals surface area (Å²) in [4.78, 5) is 23.1. The van der Waals surface area contributed by atoms with Gasteiger partial charge in [-0.05, 0) is 35.9 Å². The first-order valence-corrected chi connectivity index (χ1v) is 7.53. The van der Waals surface area contributed by atoms with Gasteiger partial charge in [0.2, 0.25) is 0 Å². The number of nitrogens with one attached hydrogen (secondary N) is 1. The standard InChI is InChI=1S/C18H11F6NO3/c19-12-6-7-13(17(21)16(12)20)25-14(26)9-28-15(27)8-3-10-1-4-11(5-2-10)18(22,23)24/h1-8H,9H2,(H,25,26)/b8-3+. The predicted octanol–water partition coefficient (Wildman–Crippen LogP) is 4.32. The predicted molar refractivity (Wildman–Crippen MR) is 86.4 cm³/mol. The number of hydrogen-bond donors (Lipinski definition) is 1. The second-order valence-corrected chi connectivity index (χ2v) is 5.33. The van der Waals surface area contributed by atoms with Crippen LogP contribution in [0.25, 0.3) is 6.08 Å². The van der Waals surface area contributed by atoms with Crippen molar-refractivity contribution in [2.75, 3.05) is 11.9 Å². The van der Waals surface area contributed by atoms with Crippen molar-refractivity contribution in [1.29, 1.82) is 0 Å². The summed E-state index contributed by atoms with van der Waals surface area (Å²) in [7, 11) is 0. The quantitative estimate of drug-likeness (QED) is 0.350. The molecule has 0 aliphatic rings. The van der Waals surface area contributed by atoms with Gasteiger partial charge < -0.3 is 10.1 Å². The van der Waals surface area contributed by atoms with E-state index in [-0.39, 0.29) is 5.56 Å². The number of rotatable bonds is 5. The largest absolute Gasteiger partial charge is 0.452 e. The Kier molecular flexibility index (Phi) is 6.45. The van der Waals surface area contributed by atoms with Gasteiger partial charge >= 0.3 is 12.1 Å². The lowest BCUT2D eigenvalue weighted by Gasteiger charge is -2.07. The minimum Gasteiger partial charge on any atom is -0.452 e. The number of carbonyl (C=O) groups is 2. The second kappa shape index (κ2) is 8.59. The maximum absolute atomic E-state index is 13.4. The van der Waals surface area contributed by atoms with Crippen LogP contribution in [0.2, 0.25) is 0 Å². The number of esters is 1. The van der Waals surface area contributed by atoms with E-state index in [0.29, 0.717) is 6.07 Å². The van der Waals surface area contributed by atoms with Gasteiger partial charge in [-0.2, -0.15) is 13.2 Å². The Morgan fingerprint density at radius 1 is 0.964 bits per heavy atom. The van der Waals surface area contributed by atoms with E-state index >= 15 is 0 Å². The summed E-state index contributed by atoms with van der Waals surface area (Å²) in [5.74, 6) is -6.83. The molecule has 0 aromatic heterocycles. The second-order valence-electron chi connectivity index (χ2n) is 5.33. The van der Waals surface area contributed by atoms with Crippen LogP contribution in [-0.4, -0.2) is 18.5 Å². The van der Waals surface area contributed by atoms with E-state index in [1.807, 2.05) is 5.32 Å². The molecule has 0 spiro atoms. The van der Waals surface area contributed by atoms with E-state index in [1.54, 1.807) is 0 Å². The molecule has 0 saturated carbocycles. The van der Waals surface area contributed by atoms with Gasteiger partial charge in [-0.25, -0.2) is 18.0 Å². The number of carbonyl (C=O) groups excluding carboxylic acids is 2. The molecular formula is C18H11F6NO3. The Balaban J connectivity index is 1.87. The number of amides is 1. The van der Waals surface area contributed by atoms with Crippen LogP contribution < -0.4 is 5.32 Å². The lowest BCUT2D eigenvalue weighted by atomic mass is 10.1. The first-order valence-electron chi connectivity index (χ1n) is 7.53. The van der Waals surface area contributed by atoms with Crippen LogP contribution in [0.1, 0.15) is 11.1 Å². The number of halogens is 6. The Labute approximate surface area is 154 Å². The summed E-state index contributed by atoms with van der Waals surface area (Å²) in [5.41, 5.74) is -1.22. The molecule has 0 saturated heterocycles. The third-order valence-electron chi connectivity index (χ3n) is 3.30. The molecular weight excluding hydrogens is 392 g/mol. The van der Waals surface area contributed by atoms with Gasteiger partial charge in [0.05, 0.1) is 11.3 Å². The van der Waals surface area contributed by atoms with Crippen LogP contribution in [0.4, 0.5) is 32.0 Å². The molecule has 28 heavy (non-hydrogen) atoms. The highest BCUT2D eigenvalue weighted by molar-refractivity contribution is 5.94. The molecule has 10 heteroatoms. The van der Waals surface area contributed by atoms with E-state index in [1.165, 1.54) is 0 Å². The molecule has 0 atom stereocenters. The Morgan fingerprint density at radius 3 is 2.21 bits per heavy atom. The highest BCUT2D eigenvalue weighted by atomic mass is 19.4. The fraction of sp³-hybridized carbons (Fsp3) is 0.111. The zero-order valence-electron chi connectivity index (χ0n) is 13.8. The molecule has 0 bridgehead atoms.